The van der Waals surface area contributed by atoms with E-state index in [2.05, 4.69) is 20.9 Å². The Bertz CT molecular complexity index is 372. The summed E-state index contributed by atoms with van der Waals surface area (Å²) in [5.41, 5.74) is 0.380. The number of carbonyl (C=O) groups is 2. The van der Waals surface area contributed by atoms with Gasteiger partial charge in [0.25, 0.3) is 0 Å². The van der Waals surface area contributed by atoms with Gasteiger partial charge in [-0.2, -0.15) is 0 Å². The van der Waals surface area contributed by atoms with Gasteiger partial charge in [-0.25, -0.2) is 4.79 Å². The Balaban J connectivity index is 0.00000220. The highest BCUT2D eigenvalue weighted by Gasteiger charge is 2.41. The van der Waals surface area contributed by atoms with Crippen LogP contribution in [-0.4, -0.2) is 55.6 Å². The molecule has 0 bridgehead atoms. The number of nitrogens with one attached hydrogen (secondary N) is 3. The first-order valence-corrected chi connectivity index (χ1v) is 7.60. The largest absolute Gasteiger partial charge is 0.338 e. The number of urea groups is 1. The molecule has 2 heterocycles. The zero-order valence-electron chi connectivity index (χ0n) is 12.9. The van der Waals surface area contributed by atoms with Crippen LogP contribution in [0.5, 0.6) is 0 Å². The van der Waals surface area contributed by atoms with Gasteiger partial charge in [0.05, 0.1) is 6.04 Å². The first-order valence-electron chi connectivity index (χ1n) is 7.60. The summed E-state index contributed by atoms with van der Waals surface area (Å²) in [6, 6.07) is -0.646. The van der Waals surface area contributed by atoms with Crippen molar-refractivity contribution >= 4 is 24.3 Å². The van der Waals surface area contributed by atoms with Crippen molar-refractivity contribution in [1.82, 2.24) is 20.9 Å². The maximum absolute atomic E-state index is 12.1. The van der Waals surface area contributed by atoms with Crippen LogP contribution in [0.1, 0.15) is 33.1 Å². The van der Waals surface area contributed by atoms with E-state index in [0.29, 0.717) is 12.0 Å². The van der Waals surface area contributed by atoms with Gasteiger partial charge in [-0.05, 0) is 58.2 Å². The van der Waals surface area contributed by atoms with Crippen molar-refractivity contribution in [3.63, 3.8) is 0 Å². The number of likely N-dealkylation sites (tertiary alicyclic amines) is 1. The maximum atomic E-state index is 12.1. The van der Waals surface area contributed by atoms with Crippen LogP contribution in [0.3, 0.4) is 0 Å². The van der Waals surface area contributed by atoms with Gasteiger partial charge in [0, 0.05) is 13.1 Å². The van der Waals surface area contributed by atoms with Gasteiger partial charge in [-0.3, -0.25) is 15.0 Å². The first kappa shape index (κ1) is 18.2. The Morgan fingerprint density at radius 1 is 1.29 bits per heavy atom. The fraction of sp³-hybridized carbons (Fsp3) is 0.857. The summed E-state index contributed by atoms with van der Waals surface area (Å²) in [4.78, 5) is 25.7. The number of carbonyl (C=O) groups excluding carboxylic acids is 2. The lowest BCUT2D eigenvalue weighted by atomic mass is 9.78. The second-order valence-electron chi connectivity index (χ2n) is 6.00. The third-order valence-corrected chi connectivity index (χ3v) is 4.63. The zero-order chi connectivity index (χ0) is 14.6. The van der Waals surface area contributed by atoms with Crippen LogP contribution in [0.4, 0.5) is 4.79 Å². The molecule has 3 amide bonds. The van der Waals surface area contributed by atoms with E-state index in [0.717, 1.165) is 32.6 Å². The molecule has 0 aromatic carbocycles. The third-order valence-electron chi connectivity index (χ3n) is 4.63. The Morgan fingerprint density at radius 3 is 2.57 bits per heavy atom. The highest BCUT2D eigenvalue weighted by molar-refractivity contribution is 5.96. The molecule has 6 nitrogen and oxygen atoms in total. The predicted molar refractivity (Wildman–Crippen MR) is 84.7 cm³/mol. The summed E-state index contributed by atoms with van der Waals surface area (Å²) in [6.07, 6.45) is 3.54. The van der Waals surface area contributed by atoms with Crippen LogP contribution >= 0.6 is 12.4 Å². The minimum absolute atomic E-state index is 0. The summed E-state index contributed by atoms with van der Waals surface area (Å²) in [5, 5.41) is 8.38. The lowest BCUT2D eigenvalue weighted by Crippen LogP contribution is -2.49. The van der Waals surface area contributed by atoms with Crippen LogP contribution in [0.25, 0.3) is 0 Å². The Labute approximate surface area is 132 Å². The van der Waals surface area contributed by atoms with Crippen molar-refractivity contribution in [1.29, 1.82) is 0 Å². The van der Waals surface area contributed by atoms with E-state index in [1.54, 1.807) is 0 Å². The number of amides is 3. The topological polar surface area (TPSA) is 73.5 Å². The van der Waals surface area contributed by atoms with Gasteiger partial charge < -0.3 is 10.6 Å². The molecule has 0 radical (unpaired) electrons. The fourth-order valence-electron chi connectivity index (χ4n) is 3.25. The van der Waals surface area contributed by atoms with Gasteiger partial charge in [-0.1, -0.05) is 0 Å². The SMILES string of the molecule is CCNC(=O)NC(=O)C(C)N1CCC2(CCNCC2)C1.Cl. The van der Waals surface area contributed by atoms with E-state index in [1.165, 1.54) is 12.8 Å². The summed E-state index contributed by atoms with van der Waals surface area (Å²) >= 11 is 0. The Hall–Kier alpha value is -0.850. The molecule has 0 aromatic heterocycles. The summed E-state index contributed by atoms with van der Waals surface area (Å²) in [5.74, 6) is -0.207. The minimum Gasteiger partial charge on any atom is -0.338 e. The normalized spacial score (nSPS) is 22.4. The highest BCUT2D eigenvalue weighted by atomic mass is 35.5. The van der Waals surface area contributed by atoms with Crippen LogP contribution in [0.2, 0.25) is 0 Å². The summed E-state index contributed by atoms with van der Waals surface area (Å²) in [6.45, 7) is 8.31. The van der Waals surface area contributed by atoms with Crippen LogP contribution < -0.4 is 16.0 Å². The van der Waals surface area contributed by atoms with Gasteiger partial charge in [0.15, 0.2) is 0 Å². The Morgan fingerprint density at radius 2 is 1.95 bits per heavy atom. The maximum Gasteiger partial charge on any atom is 0.321 e. The van der Waals surface area contributed by atoms with E-state index >= 15 is 0 Å². The molecule has 0 aromatic rings. The lowest BCUT2D eigenvalue weighted by Gasteiger charge is -2.34. The average Bonchev–Trinajstić information content (AvgIpc) is 2.82. The average molecular weight is 319 g/mol. The minimum atomic E-state index is -0.403. The number of piperidine rings is 1. The molecule has 2 saturated heterocycles. The number of hydrogen-bond donors (Lipinski definition) is 3. The van der Waals surface area contributed by atoms with Crippen molar-refractivity contribution < 1.29 is 9.59 Å². The number of nitrogens with zero attached hydrogens (tertiary/aromatic N) is 1. The third kappa shape index (κ3) is 4.56. The van der Waals surface area contributed by atoms with Crippen molar-refractivity contribution in [3.05, 3.63) is 0 Å². The molecule has 1 atom stereocenters. The van der Waals surface area contributed by atoms with Crippen molar-refractivity contribution in [3.8, 4) is 0 Å². The zero-order valence-corrected chi connectivity index (χ0v) is 13.7. The molecule has 1 unspecified atom stereocenters. The first-order chi connectivity index (χ1) is 9.56. The van der Waals surface area contributed by atoms with Gasteiger partial charge in [0.2, 0.25) is 5.91 Å². The molecule has 2 fully saturated rings. The molecule has 122 valence electrons. The highest BCUT2D eigenvalue weighted by Crippen LogP contribution is 2.39. The molecule has 7 heteroatoms. The van der Waals surface area contributed by atoms with E-state index in [9.17, 15) is 9.59 Å². The number of rotatable bonds is 3. The second-order valence-corrected chi connectivity index (χ2v) is 6.00. The smallest absolute Gasteiger partial charge is 0.321 e. The van der Waals surface area contributed by atoms with Crippen LogP contribution in [0.15, 0.2) is 0 Å². The molecule has 1 spiro atoms. The molecule has 21 heavy (non-hydrogen) atoms. The lowest BCUT2D eigenvalue weighted by molar-refractivity contribution is -0.124. The van der Waals surface area contributed by atoms with E-state index in [1.807, 2.05) is 13.8 Å². The quantitative estimate of drug-likeness (QED) is 0.717. The molecule has 3 N–H and O–H groups in total. The van der Waals surface area contributed by atoms with Crippen molar-refractivity contribution in [2.45, 2.75) is 39.2 Å². The molecule has 2 rings (SSSR count). The van der Waals surface area contributed by atoms with E-state index in [4.69, 9.17) is 0 Å². The predicted octanol–water partition coefficient (Wildman–Crippen LogP) is 0.718. The van der Waals surface area contributed by atoms with Gasteiger partial charge in [-0.15, -0.1) is 12.4 Å². The molecule has 0 aliphatic carbocycles. The van der Waals surface area contributed by atoms with E-state index in [-0.39, 0.29) is 24.4 Å². The van der Waals surface area contributed by atoms with Crippen molar-refractivity contribution in [2.24, 2.45) is 5.41 Å². The molecular formula is C14H27ClN4O2. The van der Waals surface area contributed by atoms with Gasteiger partial charge >= 0.3 is 6.03 Å². The second kappa shape index (κ2) is 7.96. The summed E-state index contributed by atoms with van der Waals surface area (Å²) < 4.78 is 0. The summed E-state index contributed by atoms with van der Waals surface area (Å²) in [7, 11) is 0. The number of imide groups is 1. The van der Waals surface area contributed by atoms with Crippen molar-refractivity contribution in [2.75, 3.05) is 32.7 Å². The number of hydrogen-bond acceptors (Lipinski definition) is 4. The monoisotopic (exact) mass is 318 g/mol. The fourth-order valence-corrected chi connectivity index (χ4v) is 3.25. The number of halogens is 1. The molecular weight excluding hydrogens is 292 g/mol. The Kier molecular flexibility index (Phi) is 6.90. The standard InChI is InChI=1S/C14H26N4O2.ClH/c1-3-16-13(20)17-12(19)11(2)18-9-6-14(10-18)4-7-15-8-5-14;/h11,15H,3-10H2,1-2H3,(H2,16,17,19,20);1H. The van der Waals surface area contributed by atoms with Crippen LogP contribution in [0, 0.1) is 5.41 Å². The van der Waals surface area contributed by atoms with Crippen LogP contribution in [-0.2, 0) is 4.79 Å². The van der Waals surface area contributed by atoms with Gasteiger partial charge in [0.1, 0.15) is 0 Å². The molecule has 0 saturated carbocycles. The molecule has 2 aliphatic rings. The molecule has 2 aliphatic heterocycles. The van der Waals surface area contributed by atoms with E-state index < -0.39 is 6.03 Å².